The van der Waals surface area contributed by atoms with E-state index >= 15 is 0 Å². The largest absolute Gasteiger partial charge is 0.489 e. The summed E-state index contributed by atoms with van der Waals surface area (Å²) in [4.78, 5) is 2.14. The number of hydrogen-bond donors (Lipinski definition) is 1. The van der Waals surface area contributed by atoms with Crippen molar-refractivity contribution in [3.63, 3.8) is 0 Å². The maximum absolute atomic E-state index is 8.97. The number of quaternary nitrogens is 1. The van der Waals surface area contributed by atoms with E-state index in [0.29, 0.717) is 79.3 Å². The molecule has 64 heavy (non-hydrogen) atoms. The molecule has 0 radical (unpaired) electrons. The molecule has 1 N–H and O–H groups in total. The van der Waals surface area contributed by atoms with Gasteiger partial charge in [-0.2, -0.15) is 0 Å². The van der Waals surface area contributed by atoms with E-state index in [2.05, 4.69) is 151 Å². The van der Waals surface area contributed by atoms with E-state index in [1.807, 2.05) is 0 Å². The summed E-state index contributed by atoms with van der Waals surface area (Å²) in [5.41, 5.74) is 14.9. The Labute approximate surface area is 382 Å². The second-order valence-corrected chi connectivity index (χ2v) is 17.5. The number of fused-ring (bicyclic) bond motifs is 3. The zero-order valence-electron chi connectivity index (χ0n) is 39.5. The molecule has 1 unspecified atom stereocenters. The zero-order valence-corrected chi connectivity index (χ0v) is 39.5. The maximum atomic E-state index is 8.97. The normalized spacial score (nSPS) is 14.5. The van der Waals surface area contributed by atoms with Crippen LogP contribution in [0.2, 0.25) is 0 Å². The number of rotatable bonds is 27. The van der Waals surface area contributed by atoms with Gasteiger partial charge in [0, 0.05) is 26.8 Å². The first kappa shape index (κ1) is 48.8. The second-order valence-electron chi connectivity index (χ2n) is 17.5. The summed E-state index contributed by atoms with van der Waals surface area (Å²) in [5, 5.41) is 8.97. The molecular formula is C54H71N2O8+. The molecule has 1 atom stereocenters. The Bertz CT molecular complexity index is 2240. The molecule has 344 valence electrons. The molecule has 0 bridgehead atoms. The molecule has 0 fully saturated rings. The van der Waals surface area contributed by atoms with Gasteiger partial charge in [0.25, 0.3) is 0 Å². The van der Waals surface area contributed by atoms with Gasteiger partial charge >= 0.3 is 0 Å². The van der Waals surface area contributed by atoms with Gasteiger partial charge in [-0.15, -0.1) is 0 Å². The molecule has 0 spiro atoms. The van der Waals surface area contributed by atoms with Crippen molar-refractivity contribution in [3.8, 4) is 28.0 Å². The smallest absolute Gasteiger partial charge is 0.142 e. The van der Waals surface area contributed by atoms with Crippen LogP contribution >= 0.6 is 0 Å². The van der Waals surface area contributed by atoms with Crippen molar-refractivity contribution < 1.29 is 42.7 Å². The molecule has 0 aromatic heterocycles. The van der Waals surface area contributed by atoms with E-state index in [1.165, 1.54) is 66.8 Å². The highest BCUT2D eigenvalue weighted by Crippen LogP contribution is 2.58. The minimum absolute atomic E-state index is 0.00858. The van der Waals surface area contributed by atoms with Crippen LogP contribution in [0.5, 0.6) is 5.75 Å². The molecular weight excluding hydrogens is 805 g/mol. The van der Waals surface area contributed by atoms with Crippen molar-refractivity contribution >= 4 is 5.69 Å². The second kappa shape index (κ2) is 23.5. The lowest BCUT2D eigenvalue weighted by Crippen LogP contribution is -2.38. The highest BCUT2D eigenvalue weighted by molar-refractivity contribution is 5.89. The van der Waals surface area contributed by atoms with Crippen molar-refractivity contribution in [1.29, 1.82) is 0 Å². The van der Waals surface area contributed by atoms with Gasteiger partial charge in [0.05, 0.1) is 111 Å². The number of aryl methyl sites for hydroxylation is 2. The van der Waals surface area contributed by atoms with Crippen molar-refractivity contribution in [2.75, 3.05) is 126 Å². The first-order chi connectivity index (χ1) is 31.0. The third-order valence-electron chi connectivity index (χ3n) is 12.2. The fraction of sp³-hybridized carbons (Fsp3) is 0.444. The average molecular weight is 876 g/mol. The summed E-state index contributed by atoms with van der Waals surface area (Å²) in [5.74, 6) is 0.803. The lowest BCUT2D eigenvalue weighted by Gasteiger charge is -2.36. The third kappa shape index (κ3) is 12.0. The summed E-state index contributed by atoms with van der Waals surface area (Å²) in [6.45, 7) is 14.0. The quantitative estimate of drug-likeness (QED) is 0.0404. The summed E-state index contributed by atoms with van der Waals surface area (Å²) < 4.78 is 41.1. The van der Waals surface area contributed by atoms with Crippen LogP contribution in [0.15, 0.2) is 97.1 Å². The van der Waals surface area contributed by atoms with E-state index in [0.717, 1.165) is 29.0 Å². The molecule has 10 nitrogen and oxygen atoms in total. The molecule has 0 heterocycles. The molecule has 10 heteroatoms. The van der Waals surface area contributed by atoms with Crippen molar-refractivity contribution in [2.24, 2.45) is 0 Å². The fourth-order valence-corrected chi connectivity index (χ4v) is 8.46. The standard InChI is InChI=1S/C54H71N2O8/c1-9-56(6,7)38-45-35-46(17-15-44(45)39-63-31-30-61-27-26-59-23-22-57)54(47-18-21-53(52(37-47)55(4)5)64-33-32-62-29-28-60-25-24-58-8)50-34-41(3)12-19-48(50)49-20-16-43(36-51(49)54)42-13-10-40(2)11-14-42/h10-21,34-37,57H,9,22-33,38-39H2,1-8H3/q+1. The highest BCUT2D eigenvalue weighted by Gasteiger charge is 2.47. The summed E-state index contributed by atoms with van der Waals surface area (Å²) >= 11 is 0. The topological polar surface area (TPSA) is 88.1 Å². The van der Waals surface area contributed by atoms with E-state index in [4.69, 9.17) is 38.3 Å². The number of aliphatic hydroxyl groups excluding tert-OH is 1. The van der Waals surface area contributed by atoms with E-state index in [-0.39, 0.29) is 6.61 Å². The number of benzene rings is 5. The van der Waals surface area contributed by atoms with Gasteiger partial charge in [-0.1, -0.05) is 83.9 Å². The van der Waals surface area contributed by atoms with Crippen LogP contribution in [0.1, 0.15) is 51.4 Å². The number of hydrogen-bond acceptors (Lipinski definition) is 9. The van der Waals surface area contributed by atoms with Gasteiger partial charge in [0.2, 0.25) is 0 Å². The van der Waals surface area contributed by atoms with Gasteiger partial charge in [-0.05, 0) is 95.1 Å². The van der Waals surface area contributed by atoms with E-state index in [1.54, 1.807) is 7.11 Å². The van der Waals surface area contributed by atoms with E-state index < -0.39 is 5.41 Å². The van der Waals surface area contributed by atoms with Crippen LogP contribution in [-0.4, -0.2) is 131 Å². The Morgan fingerprint density at radius 2 is 1.12 bits per heavy atom. The molecule has 5 aromatic carbocycles. The van der Waals surface area contributed by atoms with Gasteiger partial charge < -0.3 is 47.6 Å². The summed E-state index contributed by atoms with van der Waals surface area (Å²) in [7, 11) is 10.4. The first-order valence-electron chi connectivity index (χ1n) is 22.7. The number of aliphatic hydroxyl groups is 1. The molecule has 1 aliphatic rings. The fourth-order valence-electron chi connectivity index (χ4n) is 8.46. The predicted molar refractivity (Wildman–Crippen MR) is 257 cm³/mol. The summed E-state index contributed by atoms with van der Waals surface area (Å²) in [6, 6.07) is 36.6. The average Bonchev–Trinajstić information content (AvgIpc) is 3.57. The van der Waals surface area contributed by atoms with Gasteiger partial charge in [0.15, 0.2) is 0 Å². The van der Waals surface area contributed by atoms with Crippen molar-refractivity contribution in [2.45, 2.75) is 39.3 Å². The Balaban J connectivity index is 1.45. The molecule has 5 aromatic rings. The minimum Gasteiger partial charge on any atom is -0.489 e. The molecule has 0 saturated carbocycles. The molecule has 0 aliphatic heterocycles. The molecule has 1 aliphatic carbocycles. The molecule has 0 amide bonds. The Hall–Kier alpha value is -4.62. The van der Waals surface area contributed by atoms with Crippen LogP contribution in [0.4, 0.5) is 5.69 Å². The van der Waals surface area contributed by atoms with Crippen molar-refractivity contribution in [1.82, 2.24) is 0 Å². The molecule has 0 saturated heterocycles. The minimum atomic E-state index is -0.671. The number of nitrogens with zero attached hydrogens (tertiary/aromatic N) is 2. The van der Waals surface area contributed by atoms with Gasteiger partial charge in [-0.3, -0.25) is 0 Å². The van der Waals surface area contributed by atoms with Crippen LogP contribution in [0.25, 0.3) is 22.3 Å². The first-order valence-corrected chi connectivity index (χ1v) is 22.7. The predicted octanol–water partition coefficient (Wildman–Crippen LogP) is 8.60. The SMILES string of the molecule is CC[N+](C)(C)Cc1cc(C2(c3ccc(OCCOCCOCCOC)c(N(C)C)c3)c3cc(C)ccc3-c3ccc(-c4ccc(C)cc4)cc32)ccc1COCCOCCOCCO. The van der Waals surface area contributed by atoms with Crippen LogP contribution < -0.4 is 9.64 Å². The maximum Gasteiger partial charge on any atom is 0.142 e. The third-order valence-corrected chi connectivity index (χ3v) is 12.2. The Morgan fingerprint density at radius 1 is 0.562 bits per heavy atom. The van der Waals surface area contributed by atoms with Crippen LogP contribution in [-0.2, 0) is 47.0 Å². The molecule has 6 rings (SSSR count). The summed E-state index contributed by atoms with van der Waals surface area (Å²) in [6.07, 6.45) is 0. The Morgan fingerprint density at radius 3 is 1.78 bits per heavy atom. The van der Waals surface area contributed by atoms with Gasteiger partial charge in [-0.25, -0.2) is 0 Å². The number of anilines is 1. The Kier molecular flexibility index (Phi) is 18.0. The van der Waals surface area contributed by atoms with E-state index in [9.17, 15) is 0 Å². The van der Waals surface area contributed by atoms with Crippen LogP contribution in [0, 0.1) is 13.8 Å². The number of ether oxygens (including phenoxy) is 7. The zero-order chi connectivity index (χ0) is 45.5. The monoisotopic (exact) mass is 876 g/mol. The van der Waals surface area contributed by atoms with Crippen molar-refractivity contribution in [3.05, 3.63) is 142 Å². The lowest BCUT2D eigenvalue weighted by molar-refractivity contribution is -0.901. The van der Waals surface area contributed by atoms with Gasteiger partial charge in [0.1, 0.15) is 18.9 Å². The van der Waals surface area contributed by atoms with Crippen LogP contribution in [0.3, 0.4) is 0 Å². The highest BCUT2D eigenvalue weighted by atomic mass is 16.6. The lowest BCUT2D eigenvalue weighted by atomic mass is 9.66. The number of methoxy groups -OCH3 is 1.